The number of halogens is 3. The van der Waals surface area contributed by atoms with E-state index in [0.717, 1.165) is 5.56 Å². The molecule has 0 radical (unpaired) electrons. The zero-order valence-electron chi connectivity index (χ0n) is 8.34. The van der Waals surface area contributed by atoms with E-state index in [4.69, 9.17) is 0 Å². The summed E-state index contributed by atoms with van der Waals surface area (Å²) in [6, 6.07) is 6.98. The second-order valence-electron chi connectivity index (χ2n) is 3.37. The fraction of sp³-hybridized carbons (Fsp3) is 0.200. The van der Waals surface area contributed by atoms with Crippen molar-refractivity contribution >= 4 is 0 Å². The molecule has 1 aromatic heterocycles. The SMILES string of the molecule is Cc1cccc(-c2n[nH]c(C(F)(F)F)n2)c1. The van der Waals surface area contributed by atoms with E-state index in [1.54, 1.807) is 18.2 Å². The topological polar surface area (TPSA) is 41.6 Å². The van der Waals surface area contributed by atoms with E-state index < -0.39 is 12.0 Å². The highest BCUT2D eigenvalue weighted by atomic mass is 19.4. The van der Waals surface area contributed by atoms with Crippen LogP contribution in [0, 0.1) is 6.92 Å². The Morgan fingerprint density at radius 2 is 2.00 bits per heavy atom. The van der Waals surface area contributed by atoms with Gasteiger partial charge in [-0.15, -0.1) is 0 Å². The molecule has 0 amide bonds. The number of nitrogens with zero attached hydrogens (tertiary/aromatic N) is 2. The lowest BCUT2D eigenvalue weighted by molar-refractivity contribution is -0.144. The van der Waals surface area contributed by atoms with Crippen LogP contribution in [0.3, 0.4) is 0 Å². The van der Waals surface area contributed by atoms with E-state index in [-0.39, 0.29) is 5.82 Å². The van der Waals surface area contributed by atoms with E-state index in [1.165, 1.54) is 0 Å². The van der Waals surface area contributed by atoms with Gasteiger partial charge in [0.2, 0.25) is 5.82 Å². The van der Waals surface area contributed by atoms with Gasteiger partial charge in [-0.3, -0.25) is 5.10 Å². The number of hydrogen-bond acceptors (Lipinski definition) is 2. The predicted molar refractivity (Wildman–Crippen MR) is 51.6 cm³/mol. The van der Waals surface area contributed by atoms with Gasteiger partial charge in [-0.05, 0) is 13.0 Å². The summed E-state index contributed by atoms with van der Waals surface area (Å²) in [5.74, 6) is -1.03. The van der Waals surface area contributed by atoms with Crippen LogP contribution in [-0.2, 0) is 6.18 Å². The summed E-state index contributed by atoms with van der Waals surface area (Å²) in [7, 11) is 0. The van der Waals surface area contributed by atoms with Crippen molar-refractivity contribution in [3.8, 4) is 11.4 Å². The lowest BCUT2D eigenvalue weighted by Crippen LogP contribution is -2.07. The van der Waals surface area contributed by atoms with Crippen LogP contribution < -0.4 is 0 Å². The minimum absolute atomic E-state index is 0.0519. The normalized spacial score (nSPS) is 11.8. The number of benzene rings is 1. The molecule has 3 nitrogen and oxygen atoms in total. The van der Waals surface area contributed by atoms with Crippen LogP contribution in [0.1, 0.15) is 11.4 Å². The zero-order chi connectivity index (χ0) is 11.8. The quantitative estimate of drug-likeness (QED) is 0.813. The first-order valence-electron chi connectivity index (χ1n) is 4.53. The molecule has 2 aromatic rings. The summed E-state index contributed by atoms with van der Waals surface area (Å²) >= 11 is 0. The molecule has 6 heteroatoms. The Balaban J connectivity index is 2.39. The number of H-pyrrole nitrogens is 1. The third kappa shape index (κ3) is 2.05. The van der Waals surface area contributed by atoms with Crippen LogP contribution in [0.2, 0.25) is 0 Å². The number of aromatic amines is 1. The molecule has 0 atom stereocenters. The van der Waals surface area contributed by atoms with Gasteiger partial charge in [0, 0.05) is 5.56 Å². The standard InChI is InChI=1S/C10H8F3N3/c1-6-3-2-4-7(5-6)8-14-9(16-15-8)10(11,12)13/h2-5H,1H3,(H,14,15,16). The molecule has 0 unspecified atom stereocenters. The summed E-state index contributed by atoms with van der Waals surface area (Å²) in [4.78, 5) is 3.40. The van der Waals surface area contributed by atoms with Crippen LogP contribution in [0.4, 0.5) is 13.2 Å². The average molecular weight is 227 g/mol. The predicted octanol–water partition coefficient (Wildman–Crippen LogP) is 2.80. The van der Waals surface area contributed by atoms with Crippen molar-refractivity contribution in [1.29, 1.82) is 0 Å². The van der Waals surface area contributed by atoms with Crippen molar-refractivity contribution < 1.29 is 13.2 Å². The van der Waals surface area contributed by atoms with Crippen molar-refractivity contribution in [1.82, 2.24) is 15.2 Å². The Hall–Kier alpha value is -1.85. The number of aromatic nitrogens is 3. The molecule has 0 saturated carbocycles. The molecule has 0 aliphatic carbocycles. The first-order valence-corrected chi connectivity index (χ1v) is 4.53. The zero-order valence-corrected chi connectivity index (χ0v) is 8.34. The molecule has 0 aliphatic rings. The van der Waals surface area contributed by atoms with Crippen molar-refractivity contribution in [3.63, 3.8) is 0 Å². The van der Waals surface area contributed by atoms with E-state index >= 15 is 0 Å². The van der Waals surface area contributed by atoms with Crippen molar-refractivity contribution in [2.24, 2.45) is 0 Å². The van der Waals surface area contributed by atoms with Crippen molar-refractivity contribution in [2.45, 2.75) is 13.1 Å². The fourth-order valence-electron chi connectivity index (χ4n) is 1.30. The molecule has 1 N–H and O–H groups in total. The van der Waals surface area contributed by atoms with Gasteiger partial charge < -0.3 is 0 Å². The molecular formula is C10H8F3N3. The Bertz CT molecular complexity index is 502. The molecular weight excluding hydrogens is 219 g/mol. The fourth-order valence-corrected chi connectivity index (χ4v) is 1.30. The number of rotatable bonds is 1. The first kappa shape index (κ1) is 10.7. The smallest absolute Gasteiger partial charge is 0.255 e. The Labute approximate surface area is 89.3 Å². The Morgan fingerprint density at radius 3 is 2.56 bits per heavy atom. The van der Waals surface area contributed by atoms with Gasteiger partial charge in [0.15, 0.2) is 5.82 Å². The second kappa shape index (κ2) is 3.62. The van der Waals surface area contributed by atoms with Crippen LogP contribution in [0.15, 0.2) is 24.3 Å². The van der Waals surface area contributed by atoms with Crippen LogP contribution in [0.5, 0.6) is 0 Å². The maximum absolute atomic E-state index is 12.3. The number of aryl methyl sites for hydroxylation is 1. The van der Waals surface area contributed by atoms with Crippen molar-refractivity contribution in [3.05, 3.63) is 35.7 Å². The summed E-state index contributed by atoms with van der Waals surface area (Å²) < 4.78 is 36.8. The molecule has 0 bridgehead atoms. The third-order valence-corrected chi connectivity index (χ3v) is 2.03. The van der Waals surface area contributed by atoms with Crippen molar-refractivity contribution in [2.75, 3.05) is 0 Å². The Kier molecular flexibility index (Phi) is 2.41. The minimum atomic E-state index is -4.49. The monoisotopic (exact) mass is 227 g/mol. The van der Waals surface area contributed by atoms with Gasteiger partial charge >= 0.3 is 6.18 Å². The number of nitrogens with one attached hydrogen (secondary N) is 1. The van der Waals surface area contributed by atoms with E-state index in [9.17, 15) is 13.2 Å². The van der Waals surface area contributed by atoms with Gasteiger partial charge in [0.25, 0.3) is 0 Å². The van der Waals surface area contributed by atoms with E-state index in [2.05, 4.69) is 10.1 Å². The molecule has 84 valence electrons. The van der Waals surface area contributed by atoms with E-state index in [0.29, 0.717) is 5.56 Å². The van der Waals surface area contributed by atoms with Crippen LogP contribution in [0.25, 0.3) is 11.4 Å². The number of alkyl halides is 3. The maximum atomic E-state index is 12.3. The molecule has 1 aromatic carbocycles. The molecule has 0 spiro atoms. The van der Waals surface area contributed by atoms with Gasteiger partial charge in [-0.1, -0.05) is 23.8 Å². The summed E-state index contributed by atoms with van der Waals surface area (Å²) in [5, 5.41) is 5.42. The summed E-state index contributed by atoms with van der Waals surface area (Å²) in [5.41, 5.74) is 1.50. The second-order valence-corrected chi connectivity index (χ2v) is 3.37. The molecule has 2 rings (SSSR count). The maximum Gasteiger partial charge on any atom is 0.451 e. The largest absolute Gasteiger partial charge is 0.451 e. The van der Waals surface area contributed by atoms with Gasteiger partial charge in [-0.25, -0.2) is 4.98 Å². The highest BCUT2D eigenvalue weighted by Crippen LogP contribution is 2.27. The third-order valence-electron chi connectivity index (χ3n) is 2.03. The van der Waals surface area contributed by atoms with Crippen LogP contribution in [-0.4, -0.2) is 15.2 Å². The lowest BCUT2D eigenvalue weighted by Gasteiger charge is -1.99. The van der Waals surface area contributed by atoms with E-state index in [1.807, 2.05) is 18.1 Å². The lowest BCUT2D eigenvalue weighted by atomic mass is 10.1. The number of hydrogen-bond donors (Lipinski definition) is 1. The molecule has 0 aliphatic heterocycles. The summed E-state index contributed by atoms with van der Waals surface area (Å²) in [6.07, 6.45) is -4.49. The van der Waals surface area contributed by atoms with Crippen LogP contribution >= 0.6 is 0 Å². The minimum Gasteiger partial charge on any atom is -0.255 e. The molecule has 0 saturated heterocycles. The Morgan fingerprint density at radius 1 is 1.25 bits per heavy atom. The highest BCUT2D eigenvalue weighted by Gasteiger charge is 2.35. The molecule has 16 heavy (non-hydrogen) atoms. The van der Waals surface area contributed by atoms with Gasteiger partial charge in [-0.2, -0.15) is 18.3 Å². The first-order chi connectivity index (χ1) is 7.47. The van der Waals surface area contributed by atoms with Gasteiger partial charge in [0.1, 0.15) is 0 Å². The summed E-state index contributed by atoms with van der Waals surface area (Å²) in [6.45, 7) is 1.85. The molecule has 0 fully saturated rings. The average Bonchev–Trinajstić information content (AvgIpc) is 2.65. The highest BCUT2D eigenvalue weighted by molar-refractivity contribution is 5.55. The van der Waals surface area contributed by atoms with Gasteiger partial charge in [0.05, 0.1) is 0 Å². The molecule has 1 heterocycles.